The van der Waals surface area contributed by atoms with E-state index in [1.807, 2.05) is 37.3 Å². The molecule has 0 aliphatic heterocycles. The molecule has 1 unspecified atom stereocenters. The summed E-state index contributed by atoms with van der Waals surface area (Å²) in [5.74, 6) is 1.38. The molecule has 21 heavy (non-hydrogen) atoms. The van der Waals surface area contributed by atoms with Gasteiger partial charge in [-0.1, -0.05) is 24.6 Å². The Morgan fingerprint density at radius 1 is 1.19 bits per heavy atom. The summed E-state index contributed by atoms with van der Waals surface area (Å²) in [6.07, 6.45) is 1.74. The van der Waals surface area contributed by atoms with Crippen molar-refractivity contribution in [2.24, 2.45) is 0 Å². The first-order chi connectivity index (χ1) is 10.2. The minimum Gasteiger partial charge on any atom is -0.493 e. The highest BCUT2D eigenvalue weighted by Gasteiger charge is 2.19. The predicted molar refractivity (Wildman–Crippen MR) is 84.3 cm³/mol. The number of hydrogen-bond acceptors (Lipinski definition) is 4. The van der Waals surface area contributed by atoms with Crippen LogP contribution in [0, 0.1) is 0 Å². The zero-order valence-corrected chi connectivity index (χ0v) is 13.1. The highest BCUT2D eigenvalue weighted by atomic mass is 35.5. The Morgan fingerprint density at radius 3 is 2.57 bits per heavy atom. The molecule has 0 saturated heterocycles. The molecule has 1 atom stereocenters. The third-order valence-corrected chi connectivity index (χ3v) is 3.53. The van der Waals surface area contributed by atoms with Crippen molar-refractivity contribution in [3.05, 3.63) is 52.8 Å². The Hall–Kier alpha value is -1.78. The summed E-state index contributed by atoms with van der Waals surface area (Å²) < 4.78 is 10.6. The molecule has 0 spiro atoms. The molecule has 1 aromatic carbocycles. The molecule has 1 aromatic heterocycles. The number of hydrogen-bond donors (Lipinski definition) is 1. The van der Waals surface area contributed by atoms with Crippen LogP contribution in [-0.2, 0) is 0 Å². The van der Waals surface area contributed by atoms with Gasteiger partial charge in [0.25, 0.3) is 0 Å². The fraction of sp³-hybridized carbons (Fsp3) is 0.312. The van der Waals surface area contributed by atoms with Crippen molar-refractivity contribution in [1.29, 1.82) is 0 Å². The summed E-state index contributed by atoms with van der Waals surface area (Å²) in [5.41, 5.74) is 1.82. The maximum Gasteiger partial charge on any atom is 0.161 e. The fourth-order valence-corrected chi connectivity index (χ4v) is 2.45. The van der Waals surface area contributed by atoms with Crippen molar-refractivity contribution in [1.82, 2.24) is 10.3 Å². The van der Waals surface area contributed by atoms with Crippen molar-refractivity contribution >= 4 is 11.6 Å². The standard InChI is InChI=1S/C16H19ClN2O2/c1-4-18-15(16-12(17)6-5-9-19-16)11-7-8-13(20-2)14(10-11)21-3/h5-10,15,18H,4H2,1-3H3. The minimum absolute atomic E-state index is 0.0940. The van der Waals surface area contributed by atoms with Crippen LogP contribution in [0.1, 0.15) is 24.2 Å². The number of aromatic nitrogens is 1. The first-order valence-corrected chi connectivity index (χ1v) is 7.14. The summed E-state index contributed by atoms with van der Waals surface area (Å²) >= 11 is 6.28. The van der Waals surface area contributed by atoms with Crippen LogP contribution in [0.2, 0.25) is 5.02 Å². The Balaban J connectivity index is 2.46. The van der Waals surface area contributed by atoms with Gasteiger partial charge in [0.2, 0.25) is 0 Å². The van der Waals surface area contributed by atoms with Crippen molar-refractivity contribution in [2.75, 3.05) is 20.8 Å². The van der Waals surface area contributed by atoms with E-state index in [1.54, 1.807) is 20.4 Å². The van der Waals surface area contributed by atoms with Crippen LogP contribution in [0.5, 0.6) is 11.5 Å². The van der Waals surface area contributed by atoms with Crippen LogP contribution in [0.4, 0.5) is 0 Å². The first kappa shape index (κ1) is 15.6. The molecule has 0 aliphatic rings. The number of nitrogens with zero attached hydrogens (tertiary/aromatic N) is 1. The van der Waals surface area contributed by atoms with E-state index in [-0.39, 0.29) is 6.04 Å². The van der Waals surface area contributed by atoms with Gasteiger partial charge in [-0.15, -0.1) is 0 Å². The second-order valence-electron chi connectivity index (χ2n) is 4.48. The molecule has 112 valence electrons. The van der Waals surface area contributed by atoms with Crippen LogP contribution < -0.4 is 14.8 Å². The lowest BCUT2D eigenvalue weighted by molar-refractivity contribution is 0.354. The molecule has 2 rings (SSSR count). The monoisotopic (exact) mass is 306 g/mol. The van der Waals surface area contributed by atoms with Crippen LogP contribution in [0.25, 0.3) is 0 Å². The third-order valence-electron chi connectivity index (χ3n) is 3.21. The highest BCUT2D eigenvalue weighted by molar-refractivity contribution is 6.31. The van der Waals surface area contributed by atoms with E-state index in [2.05, 4.69) is 10.3 Å². The van der Waals surface area contributed by atoms with Crippen LogP contribution in [-0.4, -0.2) is 25.7 Å². The number of nitrogens with one attached hydrogen (secondary N) is 1. The average molecular weight is 307 g/mol. The second-order valence-corrected chi connectivity index (χ2v) is 4.88. The molecule has 2 aromatic rings. The minimum atomic E-state index is -0.0940. The molecule has 0 radical (unpaired) electrons. The lowest BCUT2D eigenvalue weighted by atomic mass is 10.0. The van der Waals surface area contributed by atoms with Gasteiger partial charge in [-0.2, -0.15) is 0 Å². The van der Waals surface area contributed by atoms with Gasteiger partial charge in [-0.25, -0.2) is 0 Å². The zero-order valence-electron chi connectivity index (χ0n) is 12.4. The number of pyridine rings is 1. The molecule has 1 N–H and O–H groups in total. The van der Waals surface area contributed by atoms with Gasteiger partial charge in [0, 0.05) is 6.20 Å². The second kappa shape index (κ2) is 7.29. The van der Waals surface area contributed by atoms with Crippen molar-refractivity contribution in [3.8, 4) is 11.5 Å². The Kier molecular flexibility index (Phi) is 5.42. The molecule has 4 nitrogen and oxygen atoms in total. The van der Waals surface area contributed by atoms with Gasteiger partial charge >= 0.3 is 0 Å². The number of methoxy groups -OCH3 is 2. The summed E-state index contributed by atoms with van der Waals surface area (Å²) in [6.45, 7) is 2.84. The van der Waals surface area contributed by atoms with Crippen molar-refractivity contribution < 1.29 is 9.47 Å². The van der Waals surface area contributed by atoms with E-state index in [4.69, 9.17) is 21.1 Å². The SMILES string of the molecule is CCNC(c1ccc(OC)c(OC)c1)c1ncccc1Cl. The Bertz CT molecular complexity index is 605. The lowest BCUT2D eigenvalue weighted by Crippen LogP contribution is -2.23. The smallest absolute Gasteiger partial charge is 0.161 e. The Morgan fingerprint density at radius 2 is 1.95 bits per heavy atom. The number of rotatable bonds is 6. The first-order valence-electron chi connectivity index (χ1n) is 6.77. The van der Waals surface area contributed by atoms with Crippen LogP contribution >= 0.6 is 11.6 Å². The molecule has 0 saturated carbocycles. The number of ether oxygens (including phenoxy) is 2. The van der Waals surface area contributed by atoms with E-state index in [0.717, 1.165) is 17.8 Å². The molecule has 0 aliphatic carbocycles. The van der Waals surface area contributed by atoms with Crippen LogP contribution in [0.3, 0.4) is 0 Å². The van der Waals surface area contributed by atoms with Crippen LogP contribution in [0.15, 0.2) is 36.5 Å². The molecular weight excluding hydrogens is 288 g/mol. The molecule has 0 bridgehead atoms. The maximum absolute atomic E-state index is 6.28. The van der Waals surface area contributed by atoms with E-state index in [9.17, 15) is 0 Å². The largest absolute Gasteiger partial charge is 0.493 e. The van der Waals surface area contributed by atoms with Crippen molar-refractivity contribution in [3.63, 3.8) is 0 Å². The van der Waals surface area contributed by atoms with Gasteiger partial charge in [0.1, 0.15) is 0 Å². The third kappa shape index (κ3) is 3.46. The van der Waals surface area contributed by atoms with Gasteiger partial charge in [0.15, 0.2) is 11.5 Å². The summed E-state index contributed by atoms with van der Waals surface area (Å²) in [4.78, 5) is 4.41. The van der Waals surface area contributed by atoms with Gasteiger partial charge in [-0.3, -0.25) is 4.98 Å². The average Bonchev–Trinajstić information content (AvgIpc) is 2.53. The number of benzene rings is 1. The lowest BCUT2D eigenvalue weighted by Gasteiger charge is -2.20. The number of halogens is 1. The molecule has 0 fully saturated rings. The molecule has 1 heterocycles. The summed E-state index contributed by atoms with van der Waals surface area (Å²) in [7, 11) is 3.24. The summed E-state index contributed by atoms with van der Waals surface area (Å²) in [5, 5.41) is 4.04. The molecule has 5 heteroatoms. The van der Waals surface area contributed by atoms with Crippen molar-refractivity contribution in [2.45, 2.75) is 13.0 Å². The van der Waals surface area contributed by atoms with Gasteiger partial charge in [0.05, 0.1) is 31.0 Å². The van der Waals surface area contributed by atoms with Gasteiger partial charge < -0.3 is 14.8 Å². The summed E-state index contributed by atoms with van der Waals surface area (Å²) in [6, 6.07) is 9.38. The predicted octanol–water partition coefficient (Wildman–Crippen LogP) is 3.45. The maximum atomic E-state index is 6.28. The van der Waals surface area contributed by atoms with E-state index in [1.165, 1.54) is 0 Å². The molecule has 0 amide bonds. The molecular formula is C16H19ClN2O2. The van der Waals surface area contributed by atoms with E-state index in [0.29, 0.717) is 16.5 Å². The van der Waals surface area contributed by atoms with Gasteiger partial charge in [-0.05, 0) is 36.4 Å². The Labute approximate surface area is 130 Å². The van der Waals surface area contributed by atoms with E-state index >= 15 is 0 Å². The van der Waals surface area contributed by atoms with E-state index < -0.39 is 0 Å². The topological polar surface area (TPSA) is 43.4 Å². The highest BCUT2D eigenvalue weighted by Crippen LogP contribution is 2.33. The fourth-order valence-electron chi connectivity index (χ4n) is 2.22. The zero-order chi connectivity index (χ0) is 15.2. The normalized spacial score (nSPS) is 12.0. The quantitative estimate of drug-likeness (QED) is 0.887.